The first-order chi connectivity index (χ1) is 11.5. The molecule has 3 nitrogen and oxygen atoms in total. The van der Waals surface area contributed by atoms with Crippen molar-refractivity contribution in [2.24, 2.45) is 0 Å². The quantitative estimate of drug-likeness (QED) is 0.693. The molecule has 0 spiro atoms. The number of hydrogen-bond donors (Lipinski definition) is 0. The molecule has 0 fully saturated rings. The molecule has 1 heterocycles. The molecule has 1 aromatic heterocycles. The SMILES string of the molecule is Cc1ccc(COc2nc(-c3ccc(F)cc3)nc(C)c2C)cc1. The number of ether oxygens (including phenoxy) is 1. The van der Waals surface area contributed by atoms with Gasteiger partial charge >= 0.3 is 0 Å². The largest absolute Gasteiger partial charge is 0.473 e. The van der Waals surface area contributed by atoms with E-state index in [4.69, 9.17) is 4.74 Å². The molecule has 0 radical (unpaired) electrons. The Morgan fingerprint density at radius 3 is 2.21 bits per heavy atom. The van der Waals surface area contributed by atoms with Crippen LogP contribution in [0.1, 0.15) is 22.4 Å². The zero-order chi connectivity index (χ0) is 17.1. The summed E-state index contributed by atoms with van der Waals surface area (Å²) < 4.78 is 19.0. The minimum absolute atomic E-state index is 0.279. The molecule has 0 saturated heterocycles. The second-order valence-electron chi connectivity index (χ2n) is 5.84. The zero-order valence-electron chi connectivity index (χ0n) is 14.0. The molecular formula is C20H19FN2O. The van der Waals surface area contributed by atoms with Gasteiger partial charge < -0.3 is 4.74 Å². The van der Waals surface area contributed by atoms with Gasteiger partial charge in [-0.25, -0.2) is 9.37 Å². The van der Waals surface area contributed by atoms with Crippen molar-refractivity contribution < 1.29 is 9.13 Å². The average molecular weight is 322 g/mol. The van der Waals surface area contributed by atoms with E-state index < -0.39 is 0 Å². The predicted octanol–water partition coefficient (Wildman–Crippen LogP) is 4.79. The van der Waals surface area contributed by atoms with Gasteiger partial charge in [-0.15, -0.1) is 0 Å². The van der Waals surface area contributed by atoms with Crippen LogP contribution in [0, 0.1) is 26.6 Å². The van der Waals surface area contributed by atoms with Gasteiger partial charge in [0.25, 0.3) is 0 Å². The van der Waals surface area contributed by atoms with E-state index in [9.17, 15) is 4.39 Å². The molecule has 4 heteroatoms. The zero-order valence-corrected chi connectivity index (χ0v) is 14.0. The standard InChI is InChI=1S/C20H19FN2O/c1-13-4-6-16(7-5-13)12-24-20-14(2)15(3)22-19(23-20)17-8-10-18(21)11-9-17/h4-11H,12H2,1-3H3. The maximum atomic E-state index is 13.1. The fourth-order valence-electron chi connectivity index (χ4n) is 2.31. The molecule has 3 rings (SSSR count). The van der Waals surface area contributed by atoms with Gasteiger partial charge in [-0.05, 0) is 50.6 Å². The molecule has 0 aliphatic rings. The number of benzene rings is 2. The van der Waals surface area contributed by atoms with E-state index in [1.54, 1.807) is 12.1 Å². The molecule has 0 aliphatic carbocycles. The van der Waals surface area contributed by atoms with Crippen molar-refractivity contribution >= 4 is 0 Å². The maximum Gasteiger partial charge on any atom is 0.220 e. The highest BCUT2D eigenvalue weighted by molar-refractivity contribution is 5.56. The number of aromatic nitrogens is 2. The number of aryl methyl sites for hydroxylation is 2. The maximum absolute atomic E-state index is 13.1. The lowest BCUT2D eigenvalue weighted by Gasteiger charge is -2.12. The molecule has 0 bridgehead atoms. The van der Waals surface area contributed by atoms with Crippen molar-refractivity contribution in [1.29, 1.82) is 0 Å². The van der Waals surface area contributed by atoms with Gasteiger partial charge in [0.05, 0.1) is 0 Å². The third-order valence-corrected chi connectivity index (χ3v) is 3.94. The highest BCUT2D eigenvalue weighted by atomic mass is 19.1. The van der Waals surface area contributed by atoms with Crippen LogP contribution in [0.15, 0.2) is 48.5 Å². The van der Waals surface area contributed by atoms with Crippen molar-refractivity contribution in [1.82, 2.24) is 9.97 Å². The van der Waals surface area contributed by atoms with E-state index in [0.717, 1.165) is 22.4 Å². The number of hydrogen-bond acceptors (Lipinski definition) is 3. The predicted molar refractivity (Wildman–Crippen MR) is 92.4 cm³/mol. The van der Waals surface area contributed by atoms with Crippen LogP contribution in [0.25, 0.3) is 11.4 Å². The van der Waals surface area contributed by atoms with Crippen LogP contribution in [0.3, 0.4) is 0 Å². The van der Waals surface area contributed by atoms with Gasteiger partial charge in [0, 0.05) is 16.8 Å². The summed E-state index contributed by atoms with van der Waals surface area (Å²) in [5.74, 6) is 0.817. The summed E-state index contributed by atoms with van der Waals surface area (Å²) in [5.41, 5.74) is 4.82. The lowest BCUT2D eigenvalue weighted by Crippen LogP contribution is -2.04. The first-order valence-electron chi connectivity index (χ1n) is 7.82. The lowest BCUT2D eigenvalue weighted by molar-refractivity contribution is 0.291. The van der Waals surface area contributed by atoms with Crippen molar-refractivity contribution in [3.63, 3.8) is 0 Å². The van der Waals surface area contributed by atoms with Crippen LogP contribution in [-0.2, 0) is 6.61 Å². The third-order valence-electron chi connectivity index (χ3n) is 3.94. The van der Waals surface area contributed by atoms with Crippen molar-refractivity contribution in [2.75, 3.05) is 0 Å². The summed E-state index contributed by atoms with van der Waals surface area (Å²) >= 11 is 0. The minimum Gasteiger partial charge on any atom is -0.473 e. The molecule has 2 aromatic carbocycles. The molecule has 122 valence electrons. The molecule has 3 aromatic rings. The molecule has 0 amide bonds. The van der Waals surface area contributed by atoms with Gasteiger partial charge in [0.1, 0.15) is 12.4 Å². The number of nitrogens with zero attached hydrogens (tertiary/aromatic N) is 2. The molecule has 0 N–H and O–H groups in total. The van der Waals surface area contributed by atoms with E-state index in [2.05, 4.69) is 29.0 Å². The second kappa shape index (κ2) is 6.79. The molecule has 0 atom stereocenters. The summed E-state index contributed by atoms with van der Waals surface area (Å²) in [6, 6.07) is 14.3. The lowest BCUT2D eigenvalue weighted by atomic mass is 10.1. The van der Waals surface area contributed by atoms with Crippen LogP contribution in [-0.4, -0.2) is 9.97 Å². The van der Waals surface area contributed by atoms with Crippen molar-refractivity contribution in [2.45, 2.75) is 27.4 Å². The topological polar surface area (TPSA) is 35.0 Å². The van der Waals surface area contributed by atoms with Gasteiger partial charge in [-0.2, -0.15) is 4.98 Å². The summed E-state index contributed by atoms with van der Waals surface area (Å²) in [5, 5.41) is 0. The Hall–Kier alpha value is -2.75. The average Bonchev–Trinajstić information content (AvgIpc) is 2.58. The van der Waals surface area contributed by atoms with Crippen LogP contribution < -0.4 is 4.74 Å². The van der Waals surface area contributed by atoms with E-state index >= 15 is 0 Å². The molecular weight excluding hydrogens is 303 g/mol. The minimum atomic E-state index is -0.279. The highest BCUT2D eigenvalue weighted by Gasteiger charge is 2.11. The fourth-order valence-corrected chi connectivity index (χ4v) is 2.31. The summed E-state index contributed by atoms with van der Waals surface area (Å²) in [6.07, 6.45) is 0. The summed E-state index contributed by atoms with van der Waals surface area (Å²) in [7, 11) is 0. The Morgan fingerprint density at radius 1 is 0.875 bits per heavy atom. The monoisotopic (exact) mass is 322 g/mol. The van der Waals surface area contributed by atoms with Crippen LogP contribution in [0.5, 0.6) is 5.88 Å². The van der Waals surface area contributed by atoms with E-state index in [0.29, 0.717) is 18.3 Å². The number of halogens is 1. The Balaban J connectivity index is 1.86. The van der Waals surface area contributed by atoms with Crippen LogP contribution in [0.4, 0.5) is 4.39 Å². The van der Waals surface area contributed by atoms with Gasteiger partial charge in [-0.1, -0.05) is 29.8 Å². The normalized spacial score (nSPS) is 10.7. The second-order valence-corrected chi connectivity index (χ2v) is 5.84. The molecule has 24 heavy (non-hydrogen) atoms. The van der Waals surface area contributed by atoms with E-state index in [1.807, 2.05) is 26.0 Å². The molecule has 0 aliphatic heterocycles. The number of rotatable bonds is 4. The van der Waals surface area contributed by atoms with Crippen molar-refractivity contribution in [3.05, 3.63) is 76.7 Å². The van der Waals surface area contributed by atoms with E-state index in [-0.39, 0.29) is 5.82 Å². The van der Waals surface area contributed by atoms with Crippen molar-refractivity contribution in [3.8, 4) is 17.3 Å². The summed E-state index contributed by atoms with van der Waals surface area (Å²) in [4.78, 5) is 9.00. The smallest absolute Gasteiger partial charge is 0.220 e. The Labute approximate surface area is 141 Å². The van der Waals surface area contributed by atoms with Crippen LogP contribution in [0.2, 0.25) is 0 Å². The highest BCUT2D eigenvalue weighted by Crippen LogP contribution is 2.24. The third kappa shape index (κ3) is 3.59. The summed E-state index contributed by atoms with van der Waals surface area (Å²) in [6.45, 7) is 6.36. The van der Waals surface area contributed by atoms with Crippen LogP contribution >= 0.6 is 0 Å². The van der Waals surface area contributed by atoms with Gasteiger partial charge in [0.15, 0.2) is 5.82 Å². The Bertz CT molecular complexity index is 843. The molecule has 0 saturated carbocycles. The Morgan fingerprint density at radius 2 is 1.54 bits per heavy atom. The van der Waals surface area contributed by atoms with Gasteiger partial charge in [0.2, 0.25) is 5.88 Å². The fraction of sp³-hybridized carbons (Fsp3) is 0.200. The van der Waals surface area contributed by atoms with Gasteiger partial charge in [-0.3, -0.25) is 0 Å². The first-order valence-corrected chi connectivity index (χ1v) is 7.82. The Kier molecular flexibility index (Phi) is 4.56. The first kappa shape index (κ1) is 16.1. The molecule has 0 unspecified atom stereocenters. The van der Waals surface area contributed by atoms with E-state index in [1.165, 1.54) is 17.7 Å².